The van der Waals surface area contributed by atoms with Crippen molar-refractivity contribution in [2.45, 2.75) is 13.8 Å². The zero-order valence-corrected chi connectivity index (χ0v) is 14.3. The van der Waals surface area contributed by atoms with E-state index >= 15 is 0 Å². The second-order valence-corrected chi connectivity index (χ2v) is 5.42. The Hall–Kier alpha value is -2.53. The monoisotopic (exact) mass is 329 g/mol. The summed E-state index contributed by atoms with van der Waals surface area (Å²) >= 11 is 0. The Morgan fingerprint density at radius 3 is 2.25 bits per heavy atom. The van der Waals surface area contributed by atoms with Gasteiger partial charge in [0, 0.05) is 12.8 Å². The van der Waals surface area contributed by atoms with E-state index in [1.165, 1.54) is 0 Å². The number of ether oxygens (including phenoxy) is 3. The van der Waals surface area contributed by atoms with Gasteiger partial charge in [0.1, 0.15) is 18.1 Å². The van der Waals surface area contributed by atoms with E-state index in [1.807, 2.05) is 32.0 Å². The van der Waals surface area contributed by atoms with Crippen molar-refractivity contribution in [1.82, 2.24) is 0 Å². The third-order valence-electron chi connectivity index (χ3n) is 3.45. The molecule has 0 saturated carbocycles. The summed E-state index contributed by atoms with van der Waals surface area (Å²) in [5, 5.41) is 2.80. The third kappa shape index (κ3) is 5.28. The number of hydrogen-bond donors (Lipinski definition) is 1. The SMILES string of the molecule is COCCOc1ccc(NC(=O)COc2c(C)cccc2C)cc1. The van der Waals surface area contributed by atoms with Gasteiger partial charge in [-0.05, 0) is 49.2 Å². The number of carbonyl (C=O) groups is 1. The first-order chi connectivity index (χ1) is 11.6. The van der Waals surface area contributed by atoms with Crippen LogP contribution in [-0.2, 0) is 9.53 Å². The van der Waals surface area contributed by atoms with Crippen LogP contribution in [0.2, 0.25) is 0 Å². The van der Waals surface area contributed by atoms with Crippen molar-refractivity contribution in [2.24, 2.45) is 0 Å². The van der Waals surface area contributed by atoms with E-state index in [-0.39, 0.29) is 12.5 Å². The number of methoxy groups -OCH3 is 1. The van der Waals surface area contributed by atoms with E-state index in [9.17, 15) is 4.79 Å². The third-order valence-corrected chi connectivity index (χ3v) is 3.45. The van der Waals surface area contributed by atoms with Crippen LogP contribution in [0.15, 0.2) is 42.5 Å². The molecule has 0 atom stereocenters. The van der Waals surface area contributed by atoms with Crippen LogP contribution in [0.4, 0.5) is 5.69 Å². The molecule has 128 valence electrons. The normalized spacial score (nSPS) is 10.3. The van der Waals surface area contributed by atoms with E-state index in [0.717, 1.165) is 22.6 Å². The lowest BCUT2D eigenvalue weighted by Crippen LogP contribution is -2.20. The smallest absolute Gasteiger partial charge is 0.262 e. The maximum atomic E-state index is 12.0. The summed E-state index contributed by atoms with van der Waals surface area (Å²) in [6, 6.07) is 13.1. The Morgan fingerprint density at radius 2 is 1.62 bits per heavy atom. The van der Waals surface area contributed by atoms with Crippen LogP contribution in [0.5, 0.6) is 11.5 Å². The predicted molar refractivity (Wildman–Crippen MR) is 93.9 cm³/mol. The number of anilines is 1. The fraction of sp³-hybridized carbons (Fsp3) is 0.316. The van der Waals surface area contributed by atoms with Gasteiger partial charge in [0.05, 0.1) is 6.61 Å². The molecule has 0 heterocycles. The van der Waals surface area contributed by atoms with Gasteiger partial charge in [0.25, 0.3) is 5.91 Å². The van der Waals surface area contributed by atoms with Crippen molar-refractivity contribution < 1.29 is 19.0 Å². The Balaban J connectivity index is 1.84. The van der Waals surface area contributed by atoms with Crippen LogP contribution in [0.3, 0.4) is 0 Å². The maximum absolute atomic E-state index is 12.0. The van der Waals surface area contributed by atoms with Crippen LogP contribution in [-0.4, -0.2) is 32.8 Å². The number of benzene rings is 2. The van der Waals surface area contributed by atoms with Crippen molar-refractivity contribution >= 4 is 11.6 Å². The van der Waals surface area contributed by atoms with Crippen molar-refractivity contribution in [3.8, 4) is 11.5 Å². The Labute approximate surface area is 142 Å². The first kappa shape index (κ1) is 17.8. The molecule has 1 N–H and O–H groups in total. The first-order valence-corrected chi connectivity index (χ1v) is 7.81. The number of carbonyl (C=O) groups excluding carboxylic acids is 1. The predicted octanol–water partition coefficient (Wildman–Crippen LogP) is 3.35. The van der Waals surface area contributed by atoms with Gasteiger partial charge in [-0.15, -0.1) is 0 Å². The van der Waals surface area contributed by atoms with E-state index in [0.29, 0.717) is 18.9 Å². The van der Waals surface area contributed by atoms with Crippen LogP contribution in [0.25, 0.3) is 0 Å². The zero-order valence-electron chi connectivity index (χ0n) is 14.3. The van der Waals surface area contributed by atoms with E-state index in [2.05, 4.69) is 5.32 Å². The average Bonchev–Trinajstić information content (AvgIpc) is 2.56. The second-order valence-electron chi connectivity index (χ2n) is 5.42. The highest BCUT2D eigenvalue weighted by molar-refractivity contribution is 5.91. The molecule has 0 aliphatic heterocycles. The van der Waals surface area contributed by atoms with Gasteiger partial charge in [-0.1, -0.05) is 18.2 Å². The fourth-order valence-electron chi connectivity index (χ4n) is 2.24. The molecule has 0 unspecified atom stereocenters. The summed E-state index contributed by atoms with van der Waals surface area (Å²) < 4.78 is 16.0. The number of aryl methyl sites for hydroxylation is 2. The summed E-state index contributed by atoms with van der Waals surface area (Å²) in [6.07, 6.45) is 0. The number of hydrogen-bond acceptors (Lipinski definition) is 4. The van der Waals surface area contributed by atoms with Gasteiger partial charge in [0.15, 0.2) is 6.61 Å². The molecule has 2 rings (SSSR count). The van der Waals surface area contributed by atoms with Crippen molar-refractivity contribution in [3.05, 3.63) is 53.6 Å². The summed E-state index contributed by atoms with van der Waals surface area (Å²) in [5.41, 5.74) is 2.73. The number of amides is 1. The van der Waals surface area contributed by atoms with Crippen LogP contribution >= 0.6 is 0 Å². The van der Waals surface area contributed by atoms with Gasteiger partial charge < -0.3 is 19.5 Å². The highest BCUT2D eigenvalue weighted by atomic mass is 16.5. The summed E-state index contributed by atoms with van der Waals surface area (Å²) in [6.45, 7) is 4.92. The quantitative estimate of drug-likeness (QED) is 0.755. The molecule has 0 saturated heterocycles. The lowest BCUT2D eigenvalue weighted by atomic mass is 10.1. The zero-order chi connectivity index (χ0) is 17.4. The van der Waals surface area contributed by atoms with Crippen molar-refractivity contribution in [3.63, 3.8) is 0 Å². The Kier molecular flexibility index (Phi) is 6.63. The Bertz CT molecular complexity index is 647. The molecular weight excluding hydrogens is 306 g/mol. The highest BCUT2D eigenvalue weighted by Crippen LogP contribution is 2.22. The van der Waals surface area contributed by atoms with Crippen LogP contribution < -0.4 is 14.8 Å². The molecule has 5 heteroatoms. The molecule has 1 amide bonds. The highest BCUT2D eigenvalue weighted by Gasteiger charge is 2.07. The summed E-state index contributed by atoms with van der Waals surface area (Å²) in [7, 11) is 1.63. The molecule has 0 aliphatic rings. The van der Waals surface area contributed by atoms with Crippen LogP contribution in [0, 0.1) is 13.8 Å². The van der Waals surface area contributed by atoms with Crippen molar-refractivity contribution in [2.75, 3.05) is 32.2 Å². The van der Waals surface area contributed by atoms with Gasteiger partial charge >= 0.3 is 0 Å². The molecule has 0 spiro atoms. The van der Waals surface area contributed by atoms with E-state index < -0.39 is 0 Å². The van der Waals surface area contributed by atoms with Gasteiger partial charge in [0.2, 0.25) is 0 Å². The average molecular weight is 329 g/mol. The molecule has 2 aromatic carbocycles. The molecule has 0 aromatic heterocycles. The molecule has 0 bridgehead atoms. The standard InChI is InChI=1S/C19H23NO4/c1-14-5-4-6-15(2)19(14)24-13-18(21)20-16-7-9-17(10-8-16)23-12-11-22-3/h4-10H,11-13H2,1-3H3,(H,20,21). The second kappa shape index (κ2) is 8.93. The minimum atomic E-state index is -0.203. The topological polar surface area (TPSA) is 56.8 Å². The lowest BCUT2D eigenvalue weighted by Gasteiger charge is -2.12. The van der Waals surface area contributed by atoms with Gasteiger partial charge in [-0.2, -0.15) is 0 Å². The molecular formula is C19H23NO4. The minimum Gasteiger partial charge on any atom is -0.491 e. The van der Waals surface area contributed by atoms with Gasteiger partial charge in [-0.25, -0.2) is 0 Å². The molecule has 5 nitrogen and oxygen atoms in total. The number of nitrogens with one attached hydrogen (secondary N) is 1. The number of para-hydroxylation sites is 1. The van der Waals surface area contributed by atoms with E-state index in [4.69, 9.17) is 14.2 Å². The van der Waals surface area contributed by atoms with Crippen LogP contribution in [0.1, 0.15) is 11.1 Å². The Morgan fingerprint density at radius 1 is 0.958 bits per heavy atom. The molecule has 0 fully saturated rings. The van der Waals surface area contributed by atoms with E-state index in [1.54, 1.807) is 31.4 Å². The summed E-state index contributed by atoms with van der Waals surface area (Å²) in [4.78, 5) is 12.0. The largest absolute Gasteiger partial charge is 0.491 e. The molecule has 0 aliphatic carbocycles. The minimum absolute atomic E-state index is 0.0300. The molecule has 0 radical (unpaired) electrons. The van der Waals surface area contributed by atoms with Crippen molar-refractivity contribution in [1.29, 1.82) is 0 Å². The fourth-order valence-corrected chi connectivity index (χ4v) is 2.24. The summed E-state index contributed by atoms with van der Waals surface area (Å²) in [5.74, 6) is 1.29. The first-order valence-electron chi connectivity index (χ1n) is 7.81. The lowest BCUT2D eigenvalue weighted by molar-refractivity contribution is -0.118. The maximum Gasteiger partial charge on any atom is 0.262 e. The molecule has 2 aromatic rings. The molecule has 24 heavy (non-hydrogen) atoms. The number of rotatable bonds is 8. The van der Waals surface area contributed by atoms with Gasteiger partial charge in [-0.3, -0.25) is 4.79 Å².